The van der Waals surface area contributed by atoms with Crippen molar-refractivity contribution in [3.05, 3.63) is 59.4 Å². The van der Waals surface area contributed by atoms with Crippen molar-refractivity contribution >= 4 is 23.7 Å². The summed E-state index contributed by atoms with van der Waals surface area (Å²) in [7, 11) is 1.77. The van der Waals surface area contributed by atoms with Gasteiger partial charge in [-0.15, -0.1) is 0 Å². The van der Waals surface area contributed by atoms with Crippen LogP contribution in [0.15, 0.2) is 36.7 Å². The summed E-state index contributed by atoms with van der Waals surface area (Å²) in [5, 5.41) is 4.28. The highest BCUT2D eigenvalue weighted by molar-refractivity contribution is 5.99. The number of benzene rings is 1. The van der Waals surface area contributed by atoms with Crippen molar-refractivity contribution in [3.8, 4) is 0 Å². The SMILES string of the molecule is CN(CCCCCCCC=O)C(=O)c1cnn2ccc(N3CCC[C@@H]3c3cc(F)ccc3F)nc12. The highest BCUT2D eigenvalue weighted by atomic mass is 19.1. The maximum Gasteiger partial charge on any atom is 0.259 e. The highest BCUT2D eigenvalue weighted by Gasteiger charge is 2.30. The number of aldehydes is 1. The molecule has 0 unspecified atom stereocenters. The number of unbranched alkanes of at least 4 members (excludes halogenated alkanes) is 5. The molecule has 0 saturated carbocycles. The second kappa shape index (κ2) is 11.4. The summed E-state index contributed by atoms with van der Waals surface area (Å²) in [6.45, 7) is 1.28. The summed E-state index contributed by atoms with van der Waals surface area (Å²) >= 11 is 0. The molecule has 3 aromatic rings. The average Bonchev–Trinajstić information content (AvgIpc) is 3.51. The molecule has 0 bridgehead atoms. The minimum atomic E-state index is -0.468. The molecule has 1 atom stereocenters. The Hall–Kier alpha value is -3.36. The van der Waals surface area contributed by atoms with E-state index in [0.29, 0.717) is 48.5 Å². The molecule has 1 aliphatic rings. The molecule has 9 heteroatoms. The maximum atomic E-state index is 14.5. The van der Waals surface area contributed by atoms with Gasteiger partial charge in [-0.2, -0.15) is 5.10 Å². The summed E-state index contributed by atoms with van der Waals surface area (Å²) in [6, 6.07) is 5.00. The number of nitrogens with zero attached hydrogens (tertiary/aromatic N) is 5. The van der Waals surface area contributed by atoms with Crippen molar-refractivity contribution in [2.24, 2.45) is 0 Å². The zero-order valence-corrected chi connectivity index (χ0v) is 20.0. The summed E-state index contributed by atoms with van der Waals surface area (Å²) < 4.78 is 29.9. The Morgan fingerprint density at radius 2 is 1.97 bits per heavy atom. The first kappa shape index (κ1) is 24.8. The number of hydrogen-bond donors (Lipinski definition) is 0. The molecule has 0 spiro atoms. The fourth-order valence-corrected chi connectivity index (χ4v) is 4.72. The fourth-order valence-electron chi connectivity index (χ4n) is 4.72. The predicted octanol–water partition coefficient (Wildman–Crippen LogP) is 4.96. The van der Waals surface area contributed by atoms with Crippen LogP contribution in [-0.4, -0.2) is 51.8 Å². The van der Waals surface area contributed by atoms with Crippen LogP contribution >= 0.6 is 0 Å². The lowest BCUT2D eigenvalue weighted by molar-refractivity contribution is -0.107. The van der Waals surface area contributed by atoms with Crippen molar-refractivity contribution in [3.63, 3.8) is 0 Å². The molecule has 4 rings (SSSR count). The van der Waals surface area contributed by atoms with E-state index in [0.717, 1.165) is 56.9 Å². The number of amides is 1. The van der Waals surface area contributed by atoms with E-state index < -0.39 is 11.6 Å². The topological polar surface area (TPSA) is 70.8 Å². The summed E-state index contributed by atoms with van der Waals surface area (Å²) in [5.41, 5.74) is 1.17. The third-order valence-corrected chi connectivity index (χ3v) is 6.61. The van der Waals surface area contributed by atoms with E-state index in [1.807, 2.05) is 4.90 Å². The number of anilines is 1. The Balaban J connectivity index is 1.47. The minimum absolute atomic E-state index is 0.153. The van der Waals surface area contributed by atoms with Gasteiger partial charge in [-0.05, 0) is 49.9 Å². The number of carbonyl (C=O) groups is 2. The monoisotopic (exact) mass is 483 g/mol. The Morgan fingerprint density at radius 3 is 2.80 bits per heavy atom. The van der Waals surface area contributed by atoms with E-state index in [-0.39, 0.29) is 11.9 Å². The largest absolute Gasteiger partial charge is 0.349 e. The van der Waals surface area contributed by atoms with E-state index in [9.17, 15) is 18.4 Å². The van der Waals surface area contributed by atoms with Gasteiger partial charge in [-0.3, -0.25) is 4.79 Å². The van der Waals surface area contributed by atoms with Gasteiger partial charge in [0.15, 0.2) is 5.65 Å². The molecule has 1 amide bonds. The molecule has 0 radical (unpaired) electrons. The number of fused-ring (bicyclic) bond motifs is 1. The van der Waals surface area contributed by atoms with Crippen LogP contribution in [0.3, 0.4) is 0 Å². The Kier molecular flexibility index (Phi) is 8.05. The van der Waals surface area contributed by atoms with E-state index in [1.54, 1.807) is 28.7 Å². The molecule has 2 aromatic heterocycles. The van der Waals surface area contributed by atoms with Crippen LogP contribution in [0.5, 0.6) is 0 Å². The number of aromatic nitrogens is 3. The molecule has 186 valence electrons. The van der Waals surface area contributed by atoms with Crippen LogP contribution in [0.1, 0.15) is 73.3 Å². The molecule has 0 N–H and O–H groups in total. The van der Waals surface area contributed by atoms with Gasteiger partial charge in [0.25, 0.3) is 5.91 Å². The standard InChI is InChI=1S/C26H31F2N5O2/c1-31(13-6-4-2-3-5-7-16-34)26(35)21-18-29-33-15-12-24(30-25(21)33)32-14-8-9-23(32)20-17-19(27)10-11-22(20)28/h10-12,15-18,23H,2-9,13-14H2,1H3/t23-/m1/s1. The van der Waals surface area contributed by atoms with Crippen LogP contribution in [0.2, 0.25) is 0 Å². The van der Waals surface area contributed by atoms with Crippen molar-refractivity contribution < 1.29 is 18.4 Å². The second-order valence-corrected chi connectivity index (χ2v) is 9.08. The van der Waals surface area contributed by atoms with Crippen LogP contribution in [0.4, 0.5) is 14.6 Å². The molecule has 0 aliphatic carbocycles. The summed E-state index contributed by atoms with van der Waals surface area (Å²) in [6.07, 6.45) is 11.2. The minimum Gasteiger partial charge on any atom is -0.349 e. The second-order valence-electron chi connectivity index (χ2n) is 9.08. The third-order valence-electron chi connectivity index (χ3n) is 6.61. The zero-order valence-electron chi connectivity index (χ0n) is 20.0. The van der Waals surface area contributed by atoms with Crippen molar-refractivity contribution in [1.82, 2.24) is 19.5 Å². The summed E-state index contributed by atoms with van der Waals surface area (Å²) in [5.74, 6) is -0.449. The van der Waals surface area contributed by atoms with Gasteiger partial charge in [0, 0.05) is 38.3 Å². The Labute approximate surface area is 203 Å². The van der Waals surface area contributed by atoms with E-state index in [2.05, 4.69) is 5.10 Å². The zero-order chi connectivity index (χ0) is 24.8. The lowest BCUT2D eigenvalue weighted by Crippen LogP contribution is -2.28. The van der Waals surface area contributed by atoms with Gasteiger partial charge in [-0.25, -0.2) is 18.3 Å². The quantitative estimate of drug-likeness (QED) is 0.285. The molecular weight excluding hydrogens is 452 g/mol. The average molecular weight is 484 g/mol. The van der Waals surface area contributed by atoms with E-state index >= 15 is 0 Å². The van der Waals surface area contributed by atoms with Gasteiger partial charge >= 0.3 is 0 Å². The number of halogens is 2. The normalized spacial score (nSPS) is 15.6. The van der Waals surface area contributed by atoms with Gasteiger partial charge < -0.3 is 14.6 Å². The smallest absolute Gasteiger partial charge is 0.259 e. The van der Waals surface area contributed by atoms with Gasteiger partial charge in [0.2, 0.25) is 0 Å². The molecular formula is C26H31F2N5O2. The lowest BCUT2D eigenvalue weighted by Gasteiger charge is -2.26. The summed E-state index contributed by atoms with van der Waals surface area (Å²) in [4.78, 5) is 31.9. The van der Waals surface area contributed by atoms with E-state index in [4.69, 9.17) is 4.98 Å². The maximum absolute atomic E-state index is 14.5. The number of rotatable bonds is 11. The number of hydrogen-bond acceptors (Lipinski definition) is 5. The Bertz CT molecular complexity index is 1180. The highest BCUT2D eigenvalue weighted by Crippen LogP contribution is 2.36. The molecule has 1 aromatic carbocycles. The molecule has 7 nitrogen and oxygen atoms in total. The predicted molar refractivity (Wildman–Crippen MR) is 129 cm³/mol. The first-order valence-corrected chi connectivity index (χ1v) is 12.2. The van der Waals surface area contributed by atoms with Crippen molar-refractivity contribution in [2.45, 2.75) is 57.4 Å². The Morgan fingerprint density at radius 1 is 1.17 bits per heavy atom. The van der Waals surface area contributed by atoms with Crippen LogP contribution < -0.4 is 4.90 Å². The first-order chi connectivity index (χ1) is 17.0. The van der Waals surface area contributed by atoms with Crippen molar-refractivity contribution in [2.75, 3.05) is 25.0 Å². The van der Waals surface area contributed by atoms with Gasteiger partial charge in [0.05, 0.1) is 12.2 Å². The molecule has 35 heavy (non-hydrogen) atoms. The van der Waals surface area contributed by atoms with Crippen LogP contribution in [-0.2, 0) is 4.79 Å². The lowest BCUT2D eigenvalue weighted by atomic mass is 10.0. The van der Waals surface area contributed by atoms with E-state index in [1.165, 1.54) is 12.3 Å². The third kappa shape index (κ3) is 5.66. The molecule has 1 aliphatic heterocycles. The van der Waals surface area contributed by atoms with Crippen LogP contribution in [0.25, 0.3) is 5.65 Å². The van der Waals surface area contributed by atoms with Gasteiger partial charge in [-0.1, -0.05) is 19.3 Å². The molecule has 1 fully saturated rings. The first-order valence-electron chi connectivity index (χ1n) is 12.2. The number of carbonyl (C=O) groups excluding carboxylic acids is 2. The van der Waals surface area contributed by atoms with Gasteiger partial charge in [0.1, 0.15) is 29.3 Å². The van der Waals surface area contributed by atoms with Crippen molar-refractivity contribution in [1.29, 1.82) is 0 Å². The fraction of sp³-hybridized carbons (Fsp3) is 0.462. The molecule has 1 saturated heterocycles. The molecule has 3 heterocycles. The van der Waals surface area contributed by atoms with Crippen LogP contribution in [0, 0.1) is 11.6 Å².